The summed E-state index contributed by atoms with van der Waals surface area (Å²) in [6, 6.07) is 18.0. The number of imide groups is 1. The molecule has 0 spiro atoms. The number of rotatable bonds is 7. The van der Waals surface area contributed by atoms with Gasteiger partial charge >= 0.3 is 18.2 Å². The van der Waals surface area contributed by atoms with Crippen LogP contribution in [0.4, 0.5) is 9.59 Å². The normalized spacial score (nSPS) is 17.6. The van der Waals surface area contributed by atoms with Crippen molar-refractivity contribution in [2.45, 2.75) is 104 Å². The Morgan fingerprint density at radius 1 is 0.732 bits per heavy atom. The quantitative estimate of drug-likeness (QED) is 0.201. The second-order valence-electron chi connectivity index (χ2n) is 13.4. The third-order valence-corrected chi connectivity index (χ3v) is 5.98. The lowest BCUT2D eigenvalue weighted by atomic mass is 10.0. The second kappa shape index (κ2) is 12.5. The van der Waals surface area contributed by atoms with Crippen LogP contribution in [0.15, 0.2) is 65.7 Å². The summed E-state index contributed by atoms with van der Waals surface area (Å²) >= 11 is 0. The standard InChI is InChI=1S/C33H44N2O6/c1-31(2,3)39-28(36)25(34-27(22-16-12-10-13-17-22)23-18-14-11-15-19-23)20-24-21-26(24)35(29(37)40-32(4,5)6)30(38)41-33(7,8)9/h10-19,24-26H,20-21H2,1-9H3/t24-,25+,26-/m1/s1. The van der Waals surface area contributed by atoms with Crippen molar-refractivity contribution in [1.29, 1.82) is 0 Å². The average molecular weight is 565 g/mol. The van der Waals surface area contributed by atoms with Crippen molar-refractivity contribution in [2.75, 3.05) is 0 Å². The summed E-state index contributed by atoms with van der Waals surface area (Å²) < 4.78 is 16.9. The van der Waals surface area contributed by atoms with Crippen LogP contribution in [-0.4, -0.2) is 57.7 Å². The third-order valence-electron chi connectivity index (χ3n) is 5.98. The summed E-state index contributed by atoms with van der Waals surface area (Å²) in [6.07, 6.45) is -0.763. The van der Waals surface area contributed by atoms with Crippen molar-refractivity contribution in [2.24, 2.45) is 10.9 Å². The number of esters is 1. The summed E-state index contributed by atoms with van der Waals surface area (Å²) in [5, 5.41) is 0. The second-order valence-corrected chi connectivity index (χ2v) is 13.4. The number of benzene rings is 2. The smallest absolute Gasteiger partial charge is 0.420 e. The van der Waals surface area contributed by atoms with Crippen LogP contribution in [0.25, 0.3) is 0 Å². The van der Waals surface area contributed by atoms with E-state index in [2.05, 4.69) is 0 Å². The minimum atomic E-state index is -0.862. The number of carbonyl (C=O) groups excluding carboxylic acids is 3. The van der Waals surface area contributed by atoms with Gasteiger partial charge in [0, 0.05) is 17.2 Å². The molecule has 2 amide bonds. The largest absolute Gasteiger partial charge is 0.458 e. The SMILES string of the molecule is CC(C)(C)OC(=O)[C@H](C[C@@H]1C[C@H]1N(C(=O)OC(C)(C)C)C(=O)OC(C)(C)C)N=C(c1ccccc1)c1ccccc1. The van der Waals surface area contributed by atoms with E-state index in [9.17, 15) is 14.4 Å². The number of carbonyl (C=O) groups is 3. The molecule has 0 aromatic heterocycles. The Labute approximate surface area is 244 Å². The predicted molar refractivity (Wildman–Crippen MR) is 159 cm³/mol. The number of ether oxygens (including phenoxy) is 3. The van der Waals surface area contributed by atoms with E-state index in [0.29, 0.717) is 12.1 Å². The number of nitrogens with zero attached hydrogens (tertiary/aromatic N) is 2. The molecule has 41 heavy (non-hydrogen) atoms. The van der Waals surface area contributed by atoms with Gasteiger partial charge in [-0.05, 0) is 81.1 Å². The Bertz CT molecular complexity index is 1170. The zero-order valence-electron chi connectivity index (χ0n) is 25.8. The van der Waals surface area contributed by atoms with E-state index in [0.717, 1.165) is 16.0 Å². The van der Waals surface area contributed by atoms with E-state index in [1.165, 1.54) is 0 Å². The van der Waals surface area contributed by atoms with Gasteiger partial charge in [0.05, 0.1) is 5.71 Å². The molecule has 0 heterocycles. The van der Waals surface area contributed by atoms with Gasteiger partial charge in [0.15, 0.2) is 0 Å². The number of aliphatic imine (C=N–C) groups is 1. The molecular formula is C33H44N2O6. The first kappa shape index (κ1) is 31.8. The molecule has 0 saturated heterocycles. The highest BCUT2D eigenvalue weighted by molar-refractivity contribution is 6.13. The van der Waals surface area contributed by atoms with Crippen LogP contribution in [0.1, 0.15) is 86.3 Å². The highest BCUT2D eigenvalue weighted by Gasteiger charge is 2.51. The zero-order chi connectivity index (χ0) is 30.6. The molecule has 0 aliphatic heterocycles. The van der Waals surface area contributed by atoms with E-state index in [-0.39, 0.29) is 12.3 Å². The fraction of sp³-hybridized carbons (Fsp3) is 0.515. The van der Waals surface area contributed by atoms with Gasteiger partial charge in [-0.3, -0.25) is 4.99 Å². The first-order valence-corrected chi connectivity index (χ1v) is 14.1. The van der Waals surface area contributed by atoms with Crippen LogP contribution in [0.2, 0.25) is 0 Å². The summed E-state index contributed by atoms with van der Waals surface area (Å²) in [7, 11) is 0. The van der Waals surface area contributed by atoms with Crippen molar-refractivity contribution in [3.8, 4) is 0 Å². The van der Waals surface area contributed by atoms with Gasteiger partial charge in [0.2, 0.25) is 0 Å². The molecule has 1 aliphatic carbocycles. The average Bonchev–Trinajstić information content (AvgIpc) is 3.57. The van der Waals surface area contributed by atoms with Gasteiger partial charge in [-0.25, -0.2) is 19.3 Å². The summed E-state index contributed by atoms with van der Waals surface area (Å²) in [4.78, 5) is 45.8. The fourth-order valence-corrected chi connectivity index (χ4v) is 4.29. The molecule has 1 fully saturated rings. The Hall–Kier alpha value is -3.68. The molecular weight excluding hydrogens is 520 g/mol. The summed E-state index contributed by atoms with van der Waals surface area (Å²) in [5.74, 6) is -0.655. The van der Waals surface area contributed by atoms with Gasteiger partial charge in [-0.2, -0.15) is 0 Å². The van der Waals surface area contributed by atoms with E-state index >= 15 is 0 Å². The Balaban J connectivity index is 1.96. The van der Waals surface area contributed by atoms with Gasteiger partial charge in [0.25, 0.3) is 0 Å². The van der Waals surface area contributed by atoms with E-state index in [1.807, 2.05) is 81.4 Å². The maximum absolute atomic E-state index is 13.5. The van der Waals surface area contributed by atoms with Crippen LogP contribution in [0.5, 0.6) is 0 Å². The van der Waals surface area contributed by atoms with E-state index in [4.69, 9.17) is 19.2 Å². The first-order valence-electron chi connectivity index (χ1n) is 14.1. The van der Waals surface area contributed by atoms with E-state index in [1.54, 1.807) is 41.5 Å². The van der Waals surface area contributed by atoms with Crippen molar-refractivity contribution < 1.29 is 28.6 Å². The lowest BCUT2D eigenvalue weighted by Crippen LogP contribution is -2.45. The Morgan fingerprint density at radius 3 is 1.54 bits per heavy atom. The molecule has 0 unspecified atom stereocenters. The summed E-state index contributed by atoms with van der Waals surface area (Å²) in [5.41, 5.74) is 0.0753. The molecule has 8 nitrogen and oxygen atoms in total. The molecule has 0 bridgehead atoms. The van der Waals surface area contributed by atoms with Crippen LogP contribution in [0.3, 0.4) is 0 Å². The lowest BCUT2D eigenvalue weighted by molar-refractivity contribution is -0.156. The van der Waals surface area contributed by atoms with Crippen LogP contribution in [0, 0.1) is 5.92 Å². The van der Waals surface area contributed by atoms with Gasteiger partial charge < -0.3 is 14.2 Å². The first-order chi connectivity index (χ1) is 18.9. The number of amides is 2. The molecule has 3 atom stereocenters. The minimum absolute atomic E-state index is 0.191. The fourth-order valence-electron chi connectivity index (χ4n) is 4.29. The van der Waals surface area contributed by atoms with Crippen molar-refractivity contribution in [3.63, 3.8) is 0 Å². The Morgan fingerprint density at radius 2 is 1.15 bits per heavy atom. The predicted octanol–water partition coefficient (Wildman–Crippen LogP) is 7.19. The molecule has 2 aromatic rings. The molecule has 8 heteroatoms. The maximum Gasteiger partial charge on any atom is 0.420 e. The highest BCUT2D eigenvalue weighted by atomic mass is 16.6. The summed E-state index contributed by atoms with van der Waals surface area (Å²) in [6.45, 7) is 15.9. The molecule has 0 radical (unpaired) electrons. The topological polar surface area (TPSA) is 94.5 Å². The Kier molecular flexibility index (Phi) is 9.67. The van der Waals surface area contributed by atoms with Crippen LogP contribution >= 0.6 is 0 Å². The molecule has 0 N–H and O–H groups in total. The highest BCUT2D eigenvalue weighted by Crippen LogP contribution is 2.42. The molecule has 3 rings (SSSR count). The van der Waals surface area contributed by atoms with Crippen LogP contribution < -0.4 is 0 Å². The monoisotopic (exact) mass is 564 g/mol. The van der Waals surface area contributed by atoms with Crippen molar-refractivity contribution >= 4 is 23.9 Å². The van der Waals surface area contributed by atoms with Crippen LogP contribution in [-0.2, 0) is 19.0 Å². The molecule has 2 aromatic carbocycles. The molecule has 1 saturated carbocycles. The third kappa shape index (κ3) is 10.0. The van der Waals surface area contributed by atoms with Crippen molar-refractivity contribution in [1.82, 2.24) is 4.90 Å². The maximum atomic E-state index is 13.5. The van der Waals surface area contributed by atoms with Gasteiger partial charge in [-0.1, -0.05) is 60.7 Å². The number of hydrogen-bond donors (Lipinski definition) is 0. The lowest BCUT2D eigenvalue weighted by Gasteiger charge is -2.29. The zero-order valence-corrected chi connectivity index (χ0v) is 25.8. The van der Waals surface area contributed by atoms with E-state index < -0.39 is 47.0 Å². The molecule has 1 aliphatic rings. The van der Waals surface area contributed by atoms with Gasteiger partial charge in [0.1, 0.15) is 22.8 Å². The van der Waals surface area contributed by atoms with Gasteiger partial charge in [-0.15, -0.1) is 0 Å². The van der Waals surface area contributed by atoms with Crippen molar-refractivity contribution in [3.05, 3.63) is 71.8 Å². The number of hydrogen-bond acceptors (Lipinski definition) is 7. The molecule has 222 valence electrons. The minimum Gasteiger partial charge on any atom is -0.458 e.